The molecule has 2 rings (SSSR count). The number of carbonyl (C=O) groups is 1. The third-order valence-electron chi connectivity index (χ3n) is 3.86. The van der Waals surface area contributed by atoms with Gasteiger partial charge in [-0.2, -0.15) is 0 Å². The van der Waals surface area contributed by atoms with Crippen molar-refractivity contribution in [2.24, 2.45) is 0 Å². The Morgan fingerprint density at radius 1 is 1.08 bits per heavy atom. The standard InChI is InChI=1S/C19H26N4O/c1-5-11-20-18(24)16-12-13(4)21-19(22-16)23-17-14(6-2)9-8-10-15(17)7-3/h8-10,12H,5-7,11H2,1-4H3,(H,20,24)(H,21,22,23). The predicted octanol–water partition coefficient (Wildman–Crippen LogP) is 3.79. The van der Waals surface area contributed by atoms with E-state index in [2.05, 4.69) is 52.6 Å². The molecule has 0 aliphatic heterocycles. The summed E-state index contributed by atoms with van der Waals surface area (Å²) >= 11 is 0. The van der Waals surface area contributed by atoms with Gasteiger partial charge in [-0.25, -0.2) is 9.97 Å². The molecule has 0 aliphatic rings. The molecule has 0 fully saturated rings. The summed E-state index contributed by atoms with van der Waals surface area (Å²) < 4.78 is 0. The van der Waals surface area contributed by atoms with Crippen LogP contribution in [0.15, 0.2) is 24.3 Å². The highest BCUT2D eigenvalue weighted by Gasteiger charge is 2.12. The van der Waals surface area contributed by atoms with Gasteiger partial charge < -0.3 is 10.6 Å². The lowest BCUT2D eigenvalue weighted by Crippen LogP contribution is -2.25. The van der Waals surface area contributed by atoms with Crippen molar-refractivity contribution in [2.75, 3.05) is 11.9 Å². The van der Waals surface area contributed by atoms with E-state index in [0.29, 0.717) is 18.2 Å². The summed E-state index contributed by atoms with van der Waals surface area (Å²) in [6, 6.07) is 7.99. The first-order chi connectivity index (χ1) is 11.6. The van der Waals surface area contributed by atoms with Gasteiger partial charge in [0.1, 0.15) is 5.69 Å². The summed E-state index contributed by atoms with van der Waals surface area (Å²) in [5.41, 5.74) is 4.65. The molecule has 5 heteroatoms. The van der Waals surface area contributed by atoms with E-state index >= 15 is 0 Å². The molecule has 0 spiro atoms. The summed E-state index contributed by atoms with van der Waals surface area (Å²) in [7, 11) is 0. The van der Waals surface area contributed by atoms with Gasteiger partial charge in [-0.05, 0) is 43.4 Å². The van der Waals surface area contributed by atoms with Gasteiger partial charge in [-0.1, -0.05) is 39.0 Å². The van der Waals surface area contributed by atoms with Crippen LogP contribution in [-0.4, -0.2) is 22.4 Å². The molecule has 5 nitrogen and oxygen atoms in total. The van der Waals surface area contributed by atoms with E-state index in [1.165, 1.54) is 11.1 Å². The molecule has 0 bridgehead atoms. The van der Waals surface area contributed by atoms with Crippen LogP contribution in [0.1, 0.15) is 54.5 Å². The minimum atomic E-state index is -0.162. The van der Waals surface area contributed by atoms with Crippen LogP contribution in [0.4, 0.5) is 11.6 Å². The molecule has 2 N–H and O–H groups in total. The quantitative estimate of drug-likeness (QED) is 0.812. The van der Waals surface area contributed by atoms with E-state index in [1.807, 2.05) is 13.8 Å². The number of nitrogens with one attached hydrogen (secondary N) is 2. The minimum absolute atomic E-state index is 0.162. The van der Waals surface area contributed by atoms with Crippen LogP contribution >= 0.6 is 0 Å². The molecule has 0 radical (unpaired) electrons. The number of hydrogen-bond acceptors (Lipinski definition) is 4. The van der Waals surface area contributed by atoms with Gasteiger partial charge >= 0.3 is 0 Å². The first-order valence-corrected chi connectivity index (χ1v) is 8.60. The fourth-order valence-corrected chi connectivity index (χ4v) is 2.58. The number of nitrogens with zero attached hydrogens (tertiary/aromatic N) is 2. The molecule has 0 saturated carbocycles. The molecular weight excluding hydrogens is 300 g/mol. The molecule has 24 heavy (non-hydrogen) atoms. The monoisotopic (exact) mass is 326 g/mol. The van der Waals surface area contributed by atoms with E-state index in [0.717, 1.165) is 30.6 Å². The summed E-state index contributed by atoms with van der Waals surface area (Å²) in [5.74, 6) is 0.303. The maximum atomic E-state index is 12.2. The van der Waals surface area contributed by atoms with Gasteiger partial charge in [0, 0.05) is 17.9 Å². The van der Waals surface area contributed by atoms with Crippen LogP contribution in [0, 0.1) is 6.92 Å². The molecule has 128 valence electrons. The SMILES string of the molecule is CCCNC(=O)c1cc(C)nc(Nc2c(CC)cccc2CC)n1. The zero-order valence-electron chi connectivity index (χ0n) is 14.9. The lowest BCUT2D eigenvalue weighted by molar-refractivity contribution is 0.0948. The largest absolute Gasteiger partial charge is 0.351 e. The Morgan fingerprint density at radius 2 is 1.75 bits per heavy atom. The smallest absolute Gasteiger partial charge is 0.270 e. The molecule has 1 heterocycles. The van der Waals surface area contributed by atoms with Crippen LogP contribution in [0.2, 0.25) is 0 Å². The van der Waals surface area contributed by atoms with Crippen molar-refractivity contribution in [3.8, 4) is 0 Å². The average Bonchev–Trinajstić information content (AvgIpc) is 2.59. The van der Waals surface area contributed by atoms with Gasteiger partial charge in [0.05, 0.1) is 0 Å². The number of aryl methyl sites for hydroxylation is 3. The Kier molecular flexibility index (Phi) is 6.29. The Hall–Kier alpha value is -2.43. The number of carbonyl (C=O) groups excluding carboxylic acids is 1. The summed E-state index contributed by atoms with van der Waals surface area (Å²) in [4.78, 5) is 21.0. The van der Waals surface area contributed by atoms with E-state index in [9.17, 15) is 4.79 Å². The normalized spacial score (nSPS) is 10.5. The highest BCUT2D eigenvalue weighted by molar-refractivity contribution is 5.92. The summed E-state index contributed by atoms with van der Waals surface area (Å²) in [6.07, 6.45) is 2.74. The molecule has 0 aliphatic carbocycles. The highest BCUT2D eigenvalue weighted by atomic mass is 16.1. The predicted molar refractivity (Wildman–Crippen MR) is 97.9 cm³/mol. The highest BCUT2D eigenvalue weighted by Crippen LogP contribution is 2.25. The molecule has 1 aromatic heterocycles. The van der Waals surface area contributed by atoms with Crippen molar-refractivity contribution < 1.29 is 4.79 Å². The number of amides is 1. The Labute approximate surface area is 143 Å². The zero-order chi connectivity index (χ0) is 17.5. The Bertz CT molecular complexity index is 690. The van der Waals surface area contributed by atoms with E-state index in [1.54, 1.807) is 6.07 Å². The second-order valence-corrected chi connectivity index (χ2v) is 5.76. The van der Waals surface area contributed by atoms with Crippen LogP contribution in [0.3, 0.4) is 0 Å². The second kappa shape index (κ2) is 8.43. The number of benzene rings is 1. The maximum Gasteiger partial charge on any atom is 0.270 e. The Morgan fingerprint density at radius 3 is 2.33 bits per heavy atom. The van der Waals surface area contributed by atoms with Crippen LogP contribution < -0.4 is 10.6 Å². The van der Waals surface area contributed by atoms with Crippen LogP contribution in [-0.2, 0) is 12.8 Å². The molecule has 0 atom stereocenters. The number of para-hydroxylation sites is 1. The summed E-state index contributed by atoms with van der Waals surface area (Å²) in [6.45, 7) is 8.78. The first-order valence-electron chi connectivity index (χ1n) is 8.60. The number of aromatic nitrogens is 2. The van der Waals surface area contributed by atoms with Crippen molar-refractivity contribution in [1.29, 1.82) is 0 Å². The van der Waals surface area contributed by atoms with E-state index < -0.39 is 0 Å². The molecule has 0 unspecified atom stereocenters. The molecule has 2 aromatic rings. The minimum Gasteiger partial charge on any atom is -0.351 e. The number of anilines is 2. The molecule has 1 aromatic carbocycles. The Balaban J connectivity index is 2.34. The molecule has 1 amide bonds. The molecule has 0 saturated heterocycles. The summed E-state index contributed by atoms with van der Waals surface area (Å²) in [5, 5.41) is 6.19. The van der Waals surface area contributed by atoms with Crippen LogP contribution in [0.25, 0.3) is 0 Å². The second-order valence-electron chi connectivity index (χ2n) is 5.76. The van der Waals surface area contributed by atoms with Gasteiger partial charge in [0.15, 0.2) is 0 Å². The fourth-order valence-electron chi connectivity index (χ4n) is 2.58. The maximum absolute atomic E-state index is 12.2. The zero-order valence-corrected chi connectivity index (χ0v) is 14.9. The van der Waals surface area contributed by atoms with E-state index in [4.69, 9.17) is 0 Å². The van der Waals surface area contributed by atoms with Gasteiger partial charge in [0.2, 0.25) is 5.95 Å². The third-order valence-corrected chi connectivity index (χ3v) is 3.86. The van der Waals surface area contributed by atoms with Crippen molar-refractivity contribution in [2.45, 2.75) is 47.0 Å². The van der Waals surface area contributed by atoms with Gasteiger partial charge in [-0.3, -0.25) is 4.79 Å². The third kappa shape index (κ3) is 4.31. The van der Waals surface area contributed by atoms with E-state index in [-0.39, 0.29) is 5.91 Å². The first kappa shape index (κ1) is 17.9. The van der Waals surface area contributed by atoms with Crippen molar-refractivity contribution >= 4 is 17.5 Å². The van der Waals surface area contributed by atoms with Gasteiger partial charge in [0.25, 0.3) is 5.91 Å². The van der Waals surface area contributed by atoms with Crippen LogP contribution in [0.5, 0.6) is 0 Å². The van der Waals surface area contributed by atoms with Crippen molar-refractivity contribution in [3.63, 3.8) is 0 Å². The lowest BCUT2D eigenvalue weighted by Gasteiger charge is -2.15. The number of hydrogen-bond donors (Lipinski definition) is 2. The topological polar surface area (TPSA) is 66.9 Å². The average molecular weight is 326 g/mol. The van der Waals surface area contributed by atoms with Crippen molar-refractivity contribution in [3.05, 3.63) is 46.8 Å². The molecular formula is C19H26N4O. The van der Waals surface area contributed by atoms with Crippen molar-refractivity contribution in [1.82, 2.24) is 15.3 Å². The van der Waals surface area contributed by atoms with Gasteiger partial charge in [-0.15, -0.1) is 0 Å². The number of rotatable bonds is 7. The lowest BCUT2D eigenvalue weighted by atomic mass is 10.0. The fraction of sp³-hybridized carbons (Fsp3) is 0.421.